The summed E-state index contributed by atoms with van der Waals surface area (Å²) in [6.45, 7) is 3.67. The van der Waals surface area contributed by atoms with E-state index >= 15 is 0 Å². The minimum atomic E-state index is 0. The topological polar surface area (TPSA) is 32.3 Å². The van der Waals surface area contributed by atoms with Crippen LogP contribution in [-0.4, -0.2) is 30.4 Å². The lowest BCUT2D eigenvalue weighted by Crippen LogP contribution is -2.43. The van der Waals surface area contributed by atoms with Crippen LogP contribution < -0.4 is 5.32 Å². The molecule has 3 nitrogen and oxygen atoms in total. The lowest BCUT2D eigenvalue weighted by Gasteiger charge is -2.33. The monoisotopic (exact) mass is 280 g/mol. The van der Waals surface area contributed by atoms with E-state index in [1.807, 2.05) is 0 Å². The fourth-order valence-electron chi connectivity index (χ4n) is 3.01. The van der Waals surface area contributed by atoms with Gasteiger partial charge in [0.25, 0.3) is 0 Å². The maximum Gasteiger partial charge on any atom is 0.226 e. The molecule has 2 aliphatic heterocycles. The molecule has 19 heavy (non-hydrogen) atoms. The molecule has 0 unspecified atom stereocenters. The molecule has 4 heteroatoms. The van der Waals surface area contributed by atoms with Crippen molar-refractivity contribution in [2.45, 2.75) is 25.8 Å². The van der Waals surface area contributed by atoms with Crippen molar-refractivity contribution in [3.05, 3.63) is 35.4 Å². The van der Waals surface area contributed by atoms with Crippen LogP contribution in [0.25, 0.3) is 0 Å². The summed E-state index contributed by atoms with van der Waals surface area (Å²) in [5.41, 5.74) is 2.73. The molecule has 0 radical (unpaired) electrons. The van der Waals surface area contributed by atoms with Crippen molar-refractivity contribution in [1.82, 2.24) is 10.2 Å². The molecular weight excluding hydrogens is 260 g/mol. The van der Waals surface area contributed by atoms with E-state index in [4.69, 9.17) is 0 Å². The molecule has 0 aromatic heterocycles. The van der Waals surface area contributed by atoms with Gasteiger partial charge in [-0.1, -0.05) is 24.3 Å². The van der Waals surface area contributed by atoms with Gasteiger partial charge >= 0.3 is 0 Å². The summed E-state index contributed by atoms with van der Waals surface area (Å²) < 4.78 is 0. The lowest BCUT2D eigenvalue weighted by molar-refractivity contribution is -0.137. The number of nitrogens with one attached hydrogen (secondary N) is 1. The van der Waals surface area contributed by atoms with Gasteiger partial charge in [-0.3, -0.25) is 4.79 Å². The quantitative estimate of drug-likeness (QED) is 0.853. The van der Waals surface area contributed by atoms with E-state index in [1.165, 1.54) is 11.1 Å². The second-order valence-electron chi connectivity index (χ2n) is 5.30. The average molecular weight is 281 g/mol. The fraction of sp³-hybridized carbons (Fsp3) is 0.533. The first-order valence-corrected chi connectivity index (χ1v) is 6.91. The van der Waals surface area contributed by atoms with Crippen molar-refractivity contribution in [2.75, 3.05) is 19.6 Å². The Hall–Kier alpha value is -1.06. The van der Waals surface area contributed by atoms with Crippen molar-refractivity contribution >= 4 is 18.3 Å². The third-order valence-electron chi connectivity index (χ3n) is 4.13. The number of amides is 1. The molecule has 0 atom stereocenters. The molecule has 3 rings (SSSR count). The molecule has 1 aromatic carbocycles. The second-order valence-corrected chi connectivity index (χ2v) is 5.30. The molecule has 0 bridgehead atoms. The molecule has 0 saturated carbocycles. The van der Waals surface area contributed by atoms with E-state index in [-0.39, 0.29) is 18.3 Å². The number of halogens is 1. The molecule has 0 spiro atoms. The van der Waals surface area contributed by atoms with Crippen molar-refractivity contribution in [3.63, 3.8) is 0 Å². The van der Waals surface area contributed by atoms with Crippen LogP contribution in [0.3, 0.4) is 0 Å². The summed E-state index contributed by atoms with van der Waals surface area (Å²) in [5, 5.41) is 3.32. The zero-order chi connectivity index (χ0) is 12.4. The van der Waals surface area contributed by atoms with E-state index in [9.17, 15) is 4.79 Å². The standard InChI is InChI=1S/C15H20N2O.ClH/c18-15(13-5-8-16-9-6-13)17-10-7-12-3-1-2-4-14(12)11-17;/h1-4,13,16H,5-11H2;1H. The van der Waals surface area contributed by atoms with Crippen molar-refractivity contribution in [3.8, 4) is 0 Å². The van der Waals surface area contributed by atoms with Crippen molar-refractivity contribution in [2.24, 2.45) is 5.92 Å². The minimum absolute atomic E-state index is 0. The van der Waals surface area contributed by atoms with E-state index < -0.39 is 0 Å². The van der Waals surface area contributed by atoms with E-state index in [2.05, 4.69) is 34.5 Å². The van der Waals surface area contributed by atoms with Crippen LogP contribution in [0.5, 0.6) is 0 Å². The number of hydrogen-bond donors (Lipinski definition) is 1. The smallest absolute Gasteiger partial charge is 0.226 e. The van der Waals surface area contributed by atoms with Gasteiger partial charge in [0.15, 0.2) is 0 Å². The minimum Gasteiger partial charge on any atom is -0.338 e. The Balaban J connectivity index is 0.00000133. The molecule has 1 amide bonds. The molecule has 1 aromatic rings. The molecule has 1 saturated heterocycles. The number of piperidine rings is 1. The van der Waals surface area contributed by atoms with Crippen LogP contribution >= 0.6 is 12.4 Å². The van der Waals surface area contributed by atoms with Crippen LogP contribution in [0.2, 0.25) is 0 Å². The molecule has 1 fully saturated rings. The molecule has 2 aliphatic rings. The molecule has 0 aliphatic carbocycles. The third-order valence-corrected chi connectivity index (χ3v) is 4.13. The van der Waals surface area contributed by atoms with E-state index in [1.54, 1.807) is 0 Å². The Bertz CT molecular complexity index is 444. The average Bonchev–Trinajstić information content (AvgIpc) is 2.47. The summed E-state index contributed by atoms with van der Waals surface area (Å²) in [4.78, 5) is 14.5. The van der Waals surface area contributed by atoms with E-state index in [0.717, 1.165) is 45.4 Å². The van der Waals surface area contributed by atoms with Gasteiger partial charge in [0.2, 0.25) is 5.91 Å². The van der Waals surface area contributed by atoms with Gasteiger partial charge in [0.1, 0.15) is 0 Å². The molecule has 104 valence electrons. The second kappa shape index (κ2) is 6.40. The zero-order valence-electron chi connectivity index (χ0n) is 11.1. The first-order chi connectivity index (χ1) is 8.84. The Morgan fingerprint density at radius 1 is 1.16 bits per heavy atom. The van der Waals surface area contributed by atoms with E-state index in [0.29, 0.717) is 5.91 Å². The SMILES string of the molecule is Cl.O=C(C1CCNCC1)N1CCc2ccccc2C1. The summed E-state index contributed by atoms with van der Waals surface area (Å²) in [6, 6.07) is 8.49. The number of benzene rings is 1. The maximum atomic E-state index is 12.5. The predicted molar refractivity (Wildman–Crippen MR) is 78.4 cm³/mol. The highest BCUT2D eigenvalue weighted by atomic mass is 35.5. The number of hydrogen-bond acceptors (Lipinski definition) is 2. The van der Waals surface area contributed by atoms with Gasteiger partial charge in [0, 0.05) is 19.0 Å². The number of fused-ring (bicyclic) bond motifs is 1. The van der Waals surface area contributed by atoms with Crippen molar-refractivity contribution < 1.29 is 4.79 Å². The summed E-state index contributed by atoms with van der Waals surface area (Å²) in [7, 11) is 0. The molecule has 2 heterocycles. The third kappa shape index (κ3) is 3.10. The number of carbonyl (C=O) groups excluding carboxylic acids is 1. The largest absolute Gasteiger partial charge is 0.338 e. The van der Waals surface area contributed by atoms with Gasteiger partial charge in [-0.05, 0) is 43.5 Å². The number of carbonyl (C=O) groups is 1. The number of rotatable bonds is 1. The first kappa shape index (κ1) is 14.4. The van der Waals surface area contributed by atoms with Gasteiger partial charge < -0.3 is 10.2 Å². The normalized spacial score (nSPS) is 19.5. The van der Waals surface area contributed by atoms with Crippen LogP contribution in [0.15, 0.2) is 24.3 Å². The highest BCUT2D eigenvalue weighted by Gasteiger charge is 2.27. The molecular formula is C15H21ClN2O. The Morgan fingerprint density at radius 3 is 2.58 bits per heavy atom. The van der Waals surface area contributed by atoms with Gasteiger partial charge in [-0.2, -0.15) is 0 Å². The highest BCUT2D eigenvalue weighted by Crippen LogP contribution is 2.22. The van der Waals surface area contributed by atoms with Crippen molar-refractivity contribution in [1.29, 1.82) is 0 Å². The fourth-order valence-corrected chi connectivity index (χ4v) is 3.01. The summed E-state index contributed by atoms with van der Waals surface area (Å²) >= 11 is 0. The Kier molecular flexibility index (Phi) is 4.83. The summed E-state index contributed by atoms with van der Waals surface area (Å²) in [5.74, 6) is 0.613. The van der Waals surface area contributed by atoms with Crippen LogP contribution in [0.1, 0.15) is 24.0 Å². The van der Waals surface area contributed by atoms with Crippen LogP contribution in [-0.2, 0) is 17.8 Å². The van der Waals surface area contributed by atoms with Gasteiger partial charge in [0.05, 0.1) is 0 Å². The first-order valence-electron chi connectivity index (χ1n) is 6.91. The zero-order valence-corrected chi connectivity index (χ0v) is 11.9. The Labute approximate surface area is 120 Å². The summed E-state index contributed by atoms with van der Waals surface area (Å²) in [6.07, 6.45) is 3.00. The Morgan fingerprint density at radius 2 is 1.84 bits per heavy atom. The van der Waals surface area contributed by atoms with Crippen LogP contribution in [0.4, 0.5) is 0 Å². The molecule has 1 N–H and O–H groups in total. The van der Waals surface area contributed by atoms with Gasteiger partial charge in [-0.25, -0.2) is 0 Å². The maximum absolute atomic E-state index is 12.5. The predicted octanol–water partition coefficient (Wildman–Crippen LogP) is 1.99. The number of nitrogens with zero attached hydrogens (tertiary/aromatic N) is 1. The lowest BCUT2D eigenvalue weighted by atomic mass is 9.94. The van der Waals surface area contributed by atoms with Gasteiger partial charge in [-0.15, -0.1) is 12.4 Å². The van der Waals surface area contributed by atoms with Crippen LogP contribution in [0, 0.1) is 5.92 Å². The highest BCUT2D eigenvalue weighted by molar-refractivity contribution is 5.85.